The van der Waals surface area contributed by atoms with Crippen molar-refractivity contribution < 1.29 is 4.79 Å². The van der Waals surface area contributed by atoms with Crippen LogP contribution in [0.15, 0.2) is 0 Å². The van der Waals surface area contributed by atoms with Gasteiger partial charge in [0.15, 0.2) is 0 Å². The smallest absolute Gasteiger partial charge is 0.237 e. The standard InChI is InChI=1S/C13H26N2OS/c1-4-13(5-2,17-3)10-15-12(16)11-8-6-7-9-14-11/h11,14H,4-10H2,1-3H3,(H,15,16)/t11-/m1/s1. The van der Waals surface area contributed by atoms with E-state index in [0.29, 0.717) is 0 Å². The average molecular weight is 258 g/mol. The number of hydrogen-bond acceptors (Lipinski definition) is 3. The Morgan fingerprint density at radius 1 is 1.41 bits per heavy atom. The molecule has 0 saturated carbocycles. The van der Waals surface area contributed by atoms with E-state index in [1.807, 2.05) is 11.8 Å². The highest BCUT2D eigenvalue weighted by atomic mass is 32.2. The highest BCUT2D eigenvalue weighted by molar-refractivity contribution is 8.00. The molecule has 2 N–H and O–H groups in total. The van der Waals surface area contributed by atoms with Crippen molar-refractivity contribution in [2.45, 2.75) is 56.7 Å². The SMILES string of the molecule is CCC(CC)(CNC(=O)[C@H]1CCCCN1)SC. The summed E-state index contributed by atoms with van der Waals surface area (Å²) in [4.78, 5) is 12.0. The first-order chi connectivity index (χ1) is 8.17. The van der Waals surface area contributed by atoms with Crippen LogP contribution in [-0.4, -0.2) is 36.0 Å². The first-order valence-corrected chi connectivity index (χ1v) is 7.96. The van der Waals surface area contributed by atoms with Gasteiger partial charge in [0.1, 0.15) is 0 Å². The molecule has 0 aromatic carbocycles. The molecule has 0 unspecified atom stereocenters. The lowest BCUT2D eigenvalue weighted by Crippen LogP contribution is -2.50. The summed E-state index contributed by atoms with van der Waals surface area (Å²) < 4.78 is 0.213. The van der Waals surface area contributed by atoms with Gasteiger partial charge >= 0.3 is 0 Å². The van der Waals surface area contributed by atoms with E-state index in [-0.39, 0.29) is 16.7 Å². The fourth-order valence-electron chi connectivity index (χ4n) is 2.31. The first-order valence-electron chi connectivity index (χ1n) is 6.73. The first kappa shape index (κ1) is 14.8. The number of carbonyl (C=O) groups excluding carboxylic acids is 1. The Balaban J connectivity index is 2.40. The predicted molar refractivity (Wildman–Crippen MR) is 75.5 cm³/mol. The van der Waals surface area contributed by atoms with Gasteiger partial charge in [-0.05, 0) is 38.5 Å². The van der Waals surface area contributed by atoms with Gasteiger partial charge in [-0.2, -0.15) is 11.8 Å². The van der Waals surface area contributed by atoms with Gasteiger partial charge in [0.25, 0.3) is 0 Å². The zero-order chi connectivity index (χ0) is 12.7. The van der Waals surface area contributed by atoms with E-state index >= 15 is 0 Å². The Bertz CT molecular complexity index is 227. The zero-order valence-electron chi connectivity index (χ0n) is 11.3. The molecule has 0 aliphatic carbocycles. The van der Waals surface area contributed by atoms with Gasteiger partial charge in [0.05, 0.1) is 6.04 Å². The van der Waals surface area contributed by atoms with Crippen molar-refractivity contribution in [3.8, 4) is 0 Å². The Morgan fingerprint density at radius 3 is 2.59 bits per heavy atom. The van der Waals surface area contributed by atoms with Gasteiger partial charge in [-0.3, -0.25) is 4.79 Å². The molecule has 1 aliphatic rings. The number of hydrogen-bond donors (Lipinski definition) is 2. The highest BCUT2D eigenvalue weighted by Crippen LogP contribution is 2.29. The summed E-state index contributed by atoms with van der Waals surface area (Å²) in [5, 5.41) is 6.41. The Kier molecular flexibility index (Phi) is 6.34. The average Bonchev–Trinajstić information content (AvgIpc) is 2.41. The monoisotopic (exact) mass is 258 g/mol. The summed E-state index contributed by atoms with van der Waals surface area (Å²) in [5.41, 5.74) is 0. The molecule has 100 valence electrons. The molecule has 1 atom stereocenters. The van der Waals surface area contributed by atoms with Crippen LogP contribution in [0.25, 0.3) is 0 Å². The number of amides is 1. The molecule has 1 aliphatic heterocycles. The normalized spacial score (nSPS) is 21.2. The number of rotatable bonds is 6. The molecular weight excluding hydrogens is 232 g/mol. The van der Waals surface area contributed by atoms with Crippen LogP contribution in [0.2, 0.25) is 0 Å². The third-order valence-electron chi connectivity index (χ3n) is 3.93. The summed E-state index contributed by atoms with van der Waals surface area (Å²) in [6.45, 7) is 6.17. The minimum atomic E-state index is 0.0389. The summed E-state index contributed by atoms with van der Waals surface area (Å²) in [6.07, 6.45) is 7.68. The summed E-state index contributed by atoms with van der Waals surface area (Å²) in [6, 6.07) is 0.0389. The topological polar surface area (TPSA) is 41.1 Å². The lowest BCUT2D eigenvalue weighted by atomic mass is 10.0. The molecule has 1 saturated heterocycles. The van der Waals surface area contributed by atoms with Gasteiger partial charge in [0, 0.05) is 11.3 Å². The van der Waals surface area contributed by atoms with Crippen molar-refractivity contribution in [1.29, 1.82) is 0 Å². The molecule has 0 radical (unpaired) electrons. The van der Waals surface area contributed by atoms with E-state index in [9.17, 15) is 4.79 Å². The maximum atomic E-state index is 12.0. The van der Waals surface area contributed by atoms with E-state index in [1.54, 1.807) is 0 Å². The molecule has 17 heavy (non-hydrogen) atoms. The molecule has 4 heteroatoms. The third kappa shape index (κ3) is 4.18. The second-order valence-corrected chi connectivity index (χ2v) is 6.09. The molecule has 3 nitrogen and oxygen atoms in total. The van der Waals surface area contributed by atoms with Crippen LogP contribution in [0, 0.1) is 0 Å². The predicted octanol–water partition coefficient (Wildman–Crippen LogP) is 2.17. The lowest BCUT2D eigenvalue weighted by molar-refractivity contribution is -0.123. The number of carbonyl (C=O) groups is 1. The maximum Gasteiger partial charge on any atom is 0.237 e. The van der Waals surface area contributed by atoms with Gasteiger partial charge < -0.3 is 10.6 Å². The molecule has 1 heterocycles. The van der Waals surface area contributed by atoms with Crippen LogP contribution in [0.4, 0.5) is 0 Å². The molecule has 0 aromatic rings. The number of nitrogens with one attached hydrogen (secondary N) is 2. The zero-order valence-corrected chi connectivity index (χ0v) is 12.2. The van der Waals surface area contributed by atoms with Crippen LogP contribution in [0.5, 0.6) is 0 Å². The molecule has 0 bridgehead atoms. The molecule has 1 fully saturated rings. The van der Waals surface area contributed by atoms with Crippen LogP contribution in [-0.2, 0) is 4.79 Å². The molecule has 0 aromatic heterocycles. The number of thioether (sulfide) groups is 1. The van der Waals surface area contributed by atoms with E-state index in [0.717, 1.165) is 32.4 Å². The quantitative estimate of drug-likeness (QED) is 0.767. The Morgan fingerprint density at radius 2 is 2.12 bits per heavy atom. The van der Waals surface area contributed by atoms with Gasteiger partial charge in [-0.15, -0.1) is 0 Å². The van der Waals surface area contributed by atoms with Crippen LogP contribution in [0.1, 0.15) is 46.0 Å². The number of piperidine rings is 1. The molecule has 0 spiro atoms. The lowest BCUT2D eigenvalue weighted by Gasteiger charge is -2.31. The van der Waals surface area contributed by atoms with Crippen molar-refractivity contribution in [2.24, 2.45) is 0 Å². The van der Waals surface area contributed by atoms with E-state index < -0.39 is 0 Å². The Labute approximate surface area is 109 Å². The van der Waals surface area contributed by atoms with Crippen LogP contribution in [0.3, 0.4) is 0 Å². The fraction of sp³-hybridized carbons (Fsp3) is 0.923. The van der Waals surface area contributed by atoms with Crippen molar-refractivity contribution in [1.82, 2.24) is 10.6 Å². The molecular formula is C13H26N2OS. The summed E-state index contributed by atoms with van der Waals surface area (Å²) in [5.74, 6) is 0.185. The van der Waals surface area contributed by atoms with E-state index in [1.165, 1.54) is 12.8 Å². The van der Waals surface area contributed by atoms with Crippen molar-refractivity contribution in [3.63, 3.8) is 0 Å². The van der Waals surface area contributed by atoms with Crippen LogP contribution >= 0.6 is 11.8 Å². The van der Waals surface area contributed by atoms with Gasteiger partial charge in [-0.1, -0.05) is 20.3 Å². The van der Waals surface area contributed by atoms with Crippen molar-refractivity contribution in [2.75, 3.05) is 19.3 Å². The second-order valence-electron chi connectivity index (χ2n) is 4.81. The summed E-state index contributed by atoms with van der Waals surface area (Å²) >= 11 is 1.87. The third-order valence-corrected chi connectivity index (χ3v) is 5.52. The second kappa shape index (κ2) is 7.27. The Hall–Kier alpha value is -0.220. The summed E-state index contributed by atoms with van der Waals surface area (Å²) in [7, 11) is 0. The largest absolute Gasteiger partial charge is 0.353 e. The van der Waals surface area contributed by atoms with Crippen molar-refractivity contribution >= 4 is 17.7 Å². The fourth-order valence-corrected chi connectivity index (χ4v) is 3.10. The maximum absolute atomic E-state index is 12.0. The van der Waals surface area contributed by atoms with Gasteiger partial charge in [-0.25, -0.2) is 0 Å². The minimum Gasteiger partial charge on any atom is -0.353 e. The highest BCUT2D eigenvalue weighted by Gasteiger charge is 2.27. The minimum absolute atomic E-state index is 0.0389. The van der Waals surface area contributed by atoms with Gasteiger partial charge in [0.2, 0.25) is 5.91 Å². The molecule has 1 rings (SSSR count). The van der Waals surface area contributed by atoms with E-state index in [2.05, 4.69) is 30.7 Å². The van der Waals surface area contributed by atoms with E-state index in [4.69, 9.17) is 0 Å². The molecule has 1 amide bonds. The van der Waals surface area contributed by atoms with Crippen molar-refractivity contribution in [3.05, 3.63) is 0 Å². The van der Waals surface area contributed by atoms with Crippen LogP contribution < -0.4 is 10.6 Å².